The Balaban J connectivity index is 1.46. The molecule has 1 N–H and O–H groups in total. The molecule has 0 saturated carbocycles. The van der Waals surface area contributed by atoms with Gasteiger partial charge in [-0.3, -0.25) is 9.48 Å². The highest BCUT2D eigenvalue weighted by Gasteiger charge is 2.46. The van der Waals surface area contributed by atoms with Crippen LogP contribution < -0.4 is 5.32 Å². The number of halogens is 1. The average molecular weight is 364 g/mol. The molecule has 0 radical (unpaired) electrons. The lowest BCUT2D eigenvalue weighted by Gasteiger charge is -2.28. The van der Waals surface area contributed by atoms with Gasteiger partial charge in [0.2, 0.25) is 5.91 Å². The lowest BCUT2D eigenvalue weighted by Crippen LogP contribution is -2.37. The Hall–Kier alpha value is -2.73. The number of rotatable bonds is 3. The fourth-order valence-electron chi connectivity index (χ4n) is 4.67. The molecule has 3 heterocycles. The highest BCUT2D eigenvalue weighted by molar-refractivity contribution is 5.82. The molecule has 6 heteroatoms. The van der Waals surface area contributed by atoms with Crippen LogP contribution in [-0.4, -0.2) is 40.2 Å². The van der Waals surface area contributed by atoms with Gasteiger partial charge in [0.05, 0.1) is 17.8 Å². The third kappa shape index (κ3) is 2.80. The fourth-order valence-corrected chi connectivity index (χ4v) is 4.67. The van der Waals surface area contributed by atoms with Crippen LogP contribution in [0.2, 0.25) is 0 Å². The molecule has 5 rings (SSSR count). The monoisotopic (exact) mass is 364 g/mol. The predicted octanol–water partition coefficient (Wildman–Crippen LogP) is 2.59. The van der Waals surface area contributed by atoms with E-state index in [4.69, 9.17) is 0 Å². The number of hydrogen-bond acceptors (Lipinski definition) is 3. The largest absolute Gasteiger partial charge is 0.333 e. The normalized spacial score (nSPS) is 24.5. The first-order valence-electron chi connectivity index (χ1n) is 9.37. The van der Waals surface area contributed by atoms with Gasteiger partial charge in [0.25, 0.3) is 0 Å². The van der Waals surface area contributed by atoms with Crippen LogP contribution in [0.15, 0.2) is 54.7 Å². The third-order valence-electron chi connectivity index (χ3n) is 5.91. The van der Waals surface area contributed by atoms with Crippen LogP contribution in [0.1, 0.15) is 11.6 Å². The summed E-state index contributed by atoms with van der Waals surface area (Å²) in [5, 5.41) is 8.83. The Morgan fingerprint density at radius 3 is 2.96 bits per heavy atom. The molecule has 0 unspecified atom stereocenters. The van der Waals surface area contributed by atoms with Crippen LogP contribution in [0, 0.1) is 17.7 Å². The van der Waals surface area contributed by atoms with Gasteiger partial charge in [-0.1, -0.05) is 30.3 Å². The summed E-state index contributed by atoms with van der Waals surface area (Å²) in [6.45, 7) is 2.67. The molecule has 3 atom stereocenters. The van der Waals surface area contributed by atoms with Gasteiger partial charge in [0.15, 0.2) is 0 Å². The summed E-state index contributed by atoms with van der Waals surface area (Å²) in [5.74, 6) is 0.515. The minimum atomic E-state index is -0.257. The van der Waals surface area contributed by atoms with E-state index in [9.17, 15) is 9.18 Å². The molecular weight excluding hydrogens is 343 g/mol. The number of para-hydroxylation sites is 1. The second kappa shape index (κ2) is 6.46. The van der Waals surface area contributed by atoms with Crippen LogP contribution in [0.3, 0.4) is 0 Å². The summed E-state index contributed by atoms with van der Waals surface area (Å²) < 4.78 is 15.6. The van der Waals surface area contributed by atoms with Crippen LogP contribution in [0.4, 0.5) is 4.39 Å². The second-order valence-corrected chi connectivity index (χ2v) is 7.49. The van der Waals surface area contributed by atoms with E-state index in [-0.39, 0.29) is 24.3 Å². The number of fused-ring (bicyclic) bond motifs is 2. The minimum Gasteiger partial charge on any atom is -0.333 e. The topological polar surface area (TPSA) is 50.2 Å². The lowest BCUT2D eigenvalue weighted by molar-refractivity contribution is -0.133. The summed E-state index contributed by atoms with van der Waals surface area (Å²) in [6, 6.07) is 14.5. The van der Waals surface area contributed by atoms with Crippen molar-refractivity contribution in [1.29, 1.82) is 0 Å². The van der Waals surface area contributed by atoms with E-state index in [1.807, 2.05) is 35.2 Å². The van der Waals surface area contributed by atoms with Gasteiger partial charge in [-0.05, 0) is 29.7 Å². The molecule has 2 aliphatic rings. The number of benzene rings is 2. The SMILES string of the molecule is O=C(Cn1ncc2ccccc21)N1C[C@@H]2CNC[C@@H]2[C@@H]1c1cccc(F)c1. The third-order valence-corrected chi connectivity index (χ3v) is 5.91. The molecule has 3 aromatic rings. The number of likely N-dealkylation sites (tertiary alicyclic amines) is 1. The van der Waals surface area contributed by atoms with Gasteiger partial charge < -0.3 is 10.2 Å². The van der Waals surface area contributed by atoms with E-state index in [0.29, 0.717) is 18.4 Å². The summed E-state index contributed by atoms with van der Waals surface area (Å²) in [6.07, 6.45) is 1.79. The Kier molecular flexibility index (Phi) is 3.93. The number of carbonyl (C=O) groups is 1. The van der Waals surface area contributed by atoms with Crippen molar-refractivity contribution < 1.29 is 9.18 Å². The number of amides is 1. The Labute approximate surface area is 156 Å². The maximum Gasteiger partial charge on any atom is 0.244 e. The van der Waals surface area contributed by atoms with Crippen molar-refractivity contribution in [2.75, 3.05) is 19.6 Å². The number of aromatic nitrogens is 2. The molecule has 5 nitrogen and oxygen atoms in total. The van der Waals surface area contributed by atoms with Crippen molar-refractivity contribution in [2.45, 2.75) is 12.6 Å². The van der Waals surface area contributed by atoms with E-state index < -0.39 is 0 Å². The van der Waals surface area contributed by atoms with E-state index in [1.54, 1.807) is 23.0 Å². The summed E-state index contributed by atoms with van der Waals surface area (Å²) >= 11 is 0. The zero-order valence-electron chi connectivity index (χ0n) is 14.9. The van der Waals surface area contributed by atoms with E-state index >= 15 is 0 Å². The number of hydrogen-bond donors (Lipinski definition) is 1. The van der Waals surface area contributed by atoms with Crippen molar-refractivity contribution in [1.82, 2.24) is 20.0 Å². The maximum atomic E-state index is 13.8. The fraction of sp³-hybridized carbons (Fsp3) is 0.333. The highest BCUT2D eigenvalue weighted by atomic mass is 19.1. The summed E-state index contributed by atoms with van der Waals surface area (Å²) in [7, 11) is 0. The van der Waals surface area contributed by atoms with Gasteiger partial charge in [0.1, 0.15) is 12.4 Å². The van der Waals surface area contributed by atoms with Gasteiger partial charge in [-0.2, -0.15) is 5.10 Å². The second-order valence-electron chi connectivity index (χ2n) is 7.49. The molecule has 2 aromatic carbocycles. The van der Waals surface area contributed by atoms with Crippen molar-refractivity contribution >= 4 is 16.8 Å². The Morgan fingerprint density at radius 1 is 1.19 bits per heavy atom. The lowest BCUT2D eigenvalue weighted by atomic mass is 9.89. The zero-order chi connectivity index (χ0) is 18.4. The number of carbonyl (C=O) groups excluding carboxylic acids is 1. The van der Waals surface area contributed by atoms with Crippen LogP contribution in [0.25, 0.3) is 10.9 Å². The van der Waals surface area contributed by atoms with Gasteiger partial charge in [-0.15, -0.1) is 0 Å². The molecule has 0 bridgehead atoms. The minimum absolute atomic E-state index is 0.0347. The molecule has 138 valence electrons. The van der Waals surface area contributed by atoms with Crippen LogP contribution in [-0.2, 0) is 11.3 Å². The van der Waals surface area contributed by atoms with E-state index in [0.717, 1.165) is 29.6 Å². The van der Waals surface area contributed by atoms with Crippen molar-refractivity contribution in [3.8, 4) is 0 Å². The van der Waals surface area contributed by atoms with E-state index in [1.165, 1.54) is 6.07 Å². The molecule has 1 amide bonds. The van der Waals surface area contributed by atoms with Crippen molar-refractivity contribution in [3.63, 3.8) is 0 Å². The maximum absolute atomic E-state index is 13.8. The molecule has 0 aliphatic carbocycles. The molecule has 2 aliphatic heterocycles. The first-order valence-corrected chi connectivity index (χ1v) is 9.37. The molecule has 2 fully saturated rings. The number of nitrogens with zero attached hydrogens (tertiary/aromatic N) is 3. The predicted molar refractivity (Wildman–Crippen MR) is 100 cm³/mol. The van der Waals surface area contributed by atoms with Crippen LogP contribution >= 0.6 is 0 Å². The quantitative estimate of drug-likeness (QED) is 0.777. The van der Waals surface area contributed by atoms with Gasteiger partial charge >= 0.3 is 0 Å². The van der Waals surface area contributed by atoms with E-state index in [2.05, 4.69) is 10.4 Å². The van der Waals surface area contributed by atoms with Crippen molar-refractivity contribution in [3.05, 3.63) is 66.1 Å². The average Bonchev–Trinajstić information content (AvgIpc) is 3.36. The molecule has 1 aromatic heterocycles. The van der Waals surface area contributed by atoms with Crippen molar-refractivity contribution in [2.24, 2.45) is 11.8 Å². The molecule has 0 spiro atoms. The Bertz CT molecular complexity index is 1000. The number of nitrogens with one attached hydrogen (secondary N) is 1. The smallest absolute Gasteiger partial charge is 0.244 e. The highest BCUT2D eigenvalue weighted by Crippen LogP contribution is 2.42. The first-order chi connectivity index (χ1) is 13.2. The standard InChI is InChI=1S/C21H21FN4O/c22-17-6-3-5-14(8-17)21-18-11-23-9-16(18)12-25(21)20(27)13-26-19-7-2-1-4-15(19)10-24-26/h1-8,10,16,18,21,23H,9,11-13H2/t16-,18-,21-/m0/s1. The Morgan fingerprint density at radius 2 is 2.07 bits per heavy atom. The zero-order valence-corrected chi connectivity index (χ0v) is 14.9. The summed E-state index contributed by atoms with van der Waals surface area (Å²) in [4.78, 5) is 15.1. The molecular formula is C21H21FN4O. The first kappa shape index (κ1) is 16.4. The molecule has 2 saturated heterocycles. The van der Waals surface area contributed by atoms with Crippen LogP contribution in [0.5, 0.6) is 0 Å². The molecule has 27 heavy (non-hydrogen) atoms. The van der Waals surface area contributed by atoms with Gasteiger partial charge in [-0.25, -0.2) is 4.39 Å². The van der Waals surface area contributed by atoms with Gasteiger partial charge in [0, 0.05) is 30.9 Å². The summed E-state index contributed by atoms with van der Waals surface area (Å²) in [5.41, 5.74) is 1.83.